The molecule has 0 saturated heterocycles. The Bertz CT molecular complexity index is 543. The number of anilines is 1. The number of methoxy groups -OCH3 is 1. The third-order valence-corrected chi connectivity index (χ3v) is 3.31. The molecule has 0 radical (unpaired) electrons. The van der Waals surface area contributed by atoms with E-state index in [0.29, 0.717) is 6.54 Å². The first-order chi connectivity index (χ1) is 9.62. The van der Waals surface area contributed by atoms with Gasteiger partial charge in [-0.3, -0.25) is 0 Å². The number of hydrogen-bond acceptors (Lipinski definition) is 3. The molecule has 0 heterocycles. The monoisotopic (exact) mass is 270 g/mol. The Morgan fingerprint density at radius 2 is 1.65 bits per heavy atom. The Labute approximate surface area is 120 Å². The fourth-order valence-electron chi connectivity index (χ4n) is 2.38. The van der Waals surface area contributed by atoms with Gasteiger partial charge in [0.25, 0.3) is 0 Å². The second-order valence-electron chi connectivity index (χ2n) is 5.08. The van der Waals surface area contributed by atoms with E-state index in [0.717, 1.165) is 11.4 Å². The molecule has 20 heavy (non-hydrogen) atoms. The maximum absolute atomic E-state index is 5.92. The quantitative estimate of drug-likeness (QED) is 0.875. The smallest absolute Gasteiger partial charge is 0.119 e. The number of benzene rings is 2. The van der Waals surface area contributed by atoms with Crippen molar-refractivity contribution in [3.63, 3.8) is 0 Å². The van der Waals surface area contributed by atoms with E-state index in [2.05, 4.69) is 37.4 Å². The summed E-state index contributed by atoms with van der Waals surface area (Å²) in [5.41, 5.74) is 10.7. The van der Waals surface area contributed by atoms with E-state index in [-0.39, 0.29) is 6.04 Å². The highest BCUT2D eigenvalue weighted by molar-refractivity contribution is 5.49. The van der Waals surface area contributed by atoms with Gasteiger partial charge in [-0.25, -0.2) is 0 Å². The molecule has 1 unspecified atom stereocenters. The van der Waals surface area contributed by atoms with Gasteiger partial charge in [-0.1, -0.05) is 29.3 Å². The Morgan fingerprint density at radius 3 is 2.15 bits per heavy atom. The molecule has 0 aliphatic rings. The lowest BCUT2D eigenvalue weighted by molar-refractivity contribution is 0.415. The van der Waals surface area contributed by atoms with Crippen molar-refractivity contribution in [1.29, 1.82) is 0 Å². The molecule has 0 spiro atoms. The van der Waals surface area contributed by atoms with Crippen LogP contribution in [-0.2, 0) is 0 Å². The molecule has 0 fully saturated rings. The Hall–Kier alpha value is -2.00. The van der Waals surface area contributed by atoms with Crippen molar-refractivity contribution in [2.45, 2.75) is 19.9 Å². The first kappa shape index (κ1) is 14.4. The molecule has 3 nitrogen and oxygen atoms in total. The van der Waals surface area contributed by atoms with Crippen LogP contribution in [0, 0.1) is 13.8 Å². The van der Waals surface area contributed by atoms with Crippen molar-refractivity contribution in [3.05, 3.63) is 59.2 Å². The average Bonchev–Trinajstić information content (AvgIpc) is 2.44. The molecule has 3 N–H and O–H groups in total. The normalized spacial score (nSPS) is 12.0. The van der Waals surface area contributed by atoms with Crippen LogP contribution >= 0.6 is 0 Å². The first-order valence-electron chi connectivity index (χ1n) is 6.81. The highest BCUT2D eigenvalue weighted by atomic mass is 16.5. The van der Waals surface area contributed by atoms with Crippen molar-refractivity contribution in [2.75, 3.05) is 19.0 Å². The molecule has 2 rings (SSSR count). The van der Waals surface area contributed by atoms with Crippen LogP contribution in [0.25, 0.3) is 0 Å². The van der Waals surface area contributed by atoms with Gasteiger partial charge >= 0.3 is 0 Å². The van der Waals surface area contributed by atoms with Crippen molar-refractivity contribution >= 4 is 5.69 Å². The minimum atomic E-state index is 0.113. The van der Waals surface area contributed by atoms with E-state index in [1.54, 1.807) is 7.11 Å². The van der Waals surface area contributed by atoms with Gasteiger partial charge in [0.05, 0.1) is 13.2 Å². The van der Waals surface area contributed by atoms with Crippen molar-refractivity contribution in [2.24, 2.45) is 5.73 Å². The van der Waals surface area contributed by atoms with Crippen LogP contribution in [0.1, 0.15) is 22.7 Å². The van der Waals surface area contributed by atoms with E-state index in [4.69, 9.17) is 10.5 Å². The van der Waals surface area contributed by atoms with E-state index >= 15 is 0 Å². The van der Waals surface area contributed by atoms with Gasteiger partial charge in [0.1, 0.15) is 5.75 Å². The molecule has 0 aliphatic heterocycles. The Kier molecular flexibility index (Phi) is 4.64. The number of rotatable bonds is 5. The zero-order chi connectivity index (χ0) is 14.5. The van der Waals surface area contributed by atoms with Crippen LogP contribution in [-0.4, -0.2) is 13.7 Å². The number of ether oxygens (including phenoxy) is 1. The van der Waals surface area contributed by atoms with E-state index in [1.807, 2.05) is 24.3 Å². The van der Waals surface area contributed by atoms with Gasteiger partial charge in [-0.2, -0.15) is 0 Å². The maximum atomic E-state index is 5.92. The topological polar surface area (TPSA) is 47.3 Å². The van der Waals surface area contributed by atoms with Gasteiger partial charge in [0.2, 0.25) is 0 Å². The average molecular weight is 270 g/mol. The van der Waals surface area contributed by atoms with Gasteiger partial charge in [-0.05, 0) is 43.7 Å². The summed E-state index contributed by atoms with van der Waals surface area (Å²) in [4.78, 5) is 0. The van der Waals surface area contributed by atoms with E-state index in [9.17, 15) is 0 Å². The minimum absolute atomic E-state index is 0.113. The lowest BCUT2D eigenvalue weighted by atomic mass is 10.0. The van der Waals surface area contributed by atoms with Crippen LogP contribution < -0.4 is 15.8 Å². The number of nitrogens with two attached hydrogens (primary N) is 1. The zero-order valence-corrected chi connectivity index (χ0v) is 12.3. The van der Waals surface area contributed by atoms with Crippen LogP contribution in [0.3, 0.4) is 0 Å². The summed E-state index contributed by atoms with van der Waals surface area (Å²) in [6, 6.07) is 14.5. The largest absolute Gasteiger partial charge is 0.497 e. The second kappa shape index (κ2) is 6.44. The summed E-state index contributed by atoms with van der Waals surface area (Å²) in [5.74, 6) is 0.853. The number of nitrogens with one attached hydrogen (secondary N) is 1. The predicted octanol–water partition coefficient (Wildman–Crippen LogP) is 3.42. The molecule has 0 bridgehead atoms. The summed E-state index contributed by atoms with van der Waals surface area (Å²) >= 11 is 0. The summed E-state index contributed by atoms with van der Waals surface area (Å²) in [6.45, 7) is 4.77. The Balaban J connectivity index is 2.19. The molecule has 2 aromatic rings. The zero-order valence-electron chi connectivity index (χ0n) is 12.3. The van der Waals surface area contributed by atoms with Crippen molar-refractivity contribution in [1.82, 2.24) is 0 Å². The van der Waals surface area contributed by atoms with Crippen LogP contribution in [0.2, 0.25) is 0 Å². The standard InChI is InChI=1S/C17H22N2O/c1-12-8-13(2)10-14(9-12)17(11-18)19-15-4-6-16(20-3)7-5-15/h4-10,17,19H,11,18H2,1-3H3. The van der Waals surface area contributed by atoms with E-state index < -0.39 is 0 Å². The van der Waals surface area contributed by atoms with Gasteiger partial charge < -0.3 is 15.8 Å². The Morgan fingerprint density at radius 1 is 1.05 bits per heavy atom. The van der Waals surface area contributed by atoms with Gasteiger partial charge in [-0.15, -0.1) is 0 Å². The van der Waals surface area contributed by atoms with Crippen LogP contribution in [0.4, 0.5) is 5.69 Å². The molecule has 0 amide bonds. The molecular formula is C17H22N2O. The van der Waals surface area contributed by atoms with Gasteiger partial charge in [0.15, 0.2) is 0 Å². The van der Waals surface area contributed by atoms with Gasteiger partial charge in [0, 0.05) is 12.2 Å². The number of hydrogen-bond donors (Lipinski definition) is 2. The first-order valence-corrected chi connectivity index (χ1v) is 6.81. The lowest BCUT2D eigenvalue weighted by Crippen LogP contribution is -2.20. The SMILES string of the molecule is COc1ccc(NC(CN)c2cc(C)cc(C)c2)cc1. The van der Waals surface area contributed by atoms with Crippen LogP contribution in [0.5, 0.6) is 5.75 Å². The molecule has 3 heteroatoms. The highest BCUT2D eigenvalue weighted by Crippen LogP contribution is 2.22. The molecule has 106 valence electrons. The molecule has 0 aromatic heterocycles. The minimum Gasteiger partial charge on any atom is -0.497 e. The molecule has 1 atom stereocenters. The third-order valence-electron chi connectivity index (χ3n) is 3.31. The van der Waals surface area contributed by atoms with Crippen molar-refractivity contribution < 1.29 is 4.74 Å². The molecule has 0 saturated carbocycles. The van der Waals surface area contributed by atoms with Crippen molar-refractivity contribution in [3.8, 4) is 5.75 Å². The summed E-state index contributed by atoms with van der Waals surface area (Å²) in [7, 11) is 1.67. The molecule has 2 aromatic carbocycles. The molecular weight excluding hydrogens is 248 g/mol. The summed E-state index contributed by atoms with van der Waals surface area (Å²) in [6.07, 6.45) is 0. The fourth-order valence-corrected chi connectivity index (χ4v) is 2.38. The summed E-state index contributed by atoms with van der Waals surface area (Å²) < 4.78 is 5.16. The van der Waals surface area contributed by atoms with Crippen LogP contribution in [0.15, 0.2) is 42.5 Å². The van der Waals surface area contributed by atoms with E-state index in [1.165, 1.54) is 16.7 Å². The molecule has 0 aliphatic carbocycles. The second-order valence-corrected chi connectivity index (χ2v) is 5.08. The fraction of sp³-hybridized carbons (Fsp3) is 0.294. The predicted molar refractivity (Wildman–Crippen MR) is 84.3 cm³/mol. The highest BCUT2D eigenvalue weighted by Gasteiger charge is 2.10. The summed E-state index contributed by atoms with van der Waals surface area (Å²) in [5, 5.41) is 3.47. The third kappa shape index (κ3) is 3.52. The lowest BCUT2D eigenvalue weighted by Gasteiger charge is -2.20. The number of aryl methyl sites for hydroxylation is 2. The maximum Gasteiger partial charge on any atom is 0.119 e.